The lowest BCUT2D eigenvalue weighted by atomic mass is 10.0. The second-order valence-corrected chi connectivity index (χ2v) is 17.5. The molecule has 1 aromatic heterocycles. The summed E-state index contributed by atoms with van der Waals surface area (Å²) in [4.78, 5) is 11.6. The van der Waals surface area contributed by atoms with Gasteiger partial charge in [-0.2, -0.15) is 0 Å². The third-order valence-corrected chi connectivity index (χ3v) is 12.9. The SMILES string of the molecule is CC(C)(C)[Si]1(C(C)(C)C)OC[C@H]2O[C@@H](c3cnc(N(Cc4ccccc4)Cc4ccccc4)nc3)[C@H](O)[C@@H]2O1. The zero-order valence-corrected chi connectivity index (χ0v) is 24.9. The zero-order valence-electron chi connectivity index (χ0n) is 23.9. The molecule has 3 aromatic rings. The van der Waals surface area contributed by atoms with Crippen LogP contribution in [-0.2, 0) is 26.7 Å². The predicted molar refractivity (Wildman–Crippen MR) is 154 cm³/mol. The van der Waals surface area contributed by atoms with Gasteiger partial charge in [0.1, 0.15) is 24.4 Å². The van der Waals surface area contributed by atoms with E-state index in [1.807, 2.05) is 36.4 Å². The van der Waals surface area contributed by atoms with Gasteiger partial charge in [0.05, 0.1) is 6.61 Å². The molecule has 2 aliphatic rings. The van der Waals surface area contributed by atoms with Crippen LogP contribution in [0.15, 0.2) is 73.1 Å². The standard InChI is InChI=1S/C31H41N3O4Si/c1-30(2,3)39(31(4,5)6)36-21-25-28(38-39)26(35)27(37-25)24-17-32-29(33-18-24)34(19-22-13-9-7-10-14-22)20-23-15-11-8-12-16-23/h7-18,25-28,35H,19-21H2,1-6H3/t25-,26+,27+,28-/m1/s1. The molecule has 8 heteroatoms. The second kappa shape index (κ2) is 10.7. The monoisotopic (exact) mass is 547 g/mol. The fourth-order valence-corrected chi connectivity index (χ4v) is 11.0. The summed E-state index contributed by atoms with van der Waals surface area (Å²) in [5.74, 6) is 0.628. The number of anilines is 1. The van der Waals surface area contributed by atoms with E-state index in [0.717, 1.165) is 5.56 Å². The molecular weight excluding hydrogens is 506 g/mol. The van der Waals surface area contributed by atoms with Gasteiger partial charge in [0.2, 0.25) is 5.95 Å². The van der Waals surface area contributed by atoms with Crippen LogP contribution in [-0.4, -0.2) is 48.6 Å². The van der Waals surface area contributed by atoms with Crippen LogP contribution >= 0.6 is 0 Å². The van der Waals surface area contributed by atoms with Gasteiger partial charge in [-0.3, -0.25) is 0 Å². The Morgan fingerprint density at radius 1 is 0.846 bits per heavy atom. The van der Waals surface area contributed by atoms with E-state index in [4.69, 9.17) is 23.6 Å². The predicted octanol–water partition coefficient (Wildman–Crippen LogP) is 5.94. The molecule has 7 nitrogen and oxygen atoms in total. The number of hydrogen-bond acceptors (Lipinski definition) is 7. The molecule has 0 aliphatic carbocycles. The van der Waals surface area contributed by atoms with Crippen LogP contribution < -0.4 is 4.90 Å². The van der Waals surface area contributed by atoms with Gasteiger partial charge in [0, 0.05) is 41.1 Å². The van der Waals surface area contributed by atoms with Crippen molar-refractivity contribution in [2.24, 2.45) is 0 Å². The van der Waals surface area contributed by atoms with Gasteiger partial charge >= 0.3 is 8.56 Å². The van der Waals surface area contributed by atoms with Crippen LogP contribution in [0, 0.1) is 0 Å². The smallest absolute Gasteiger partial charge is 0.349 e. The lowest BCUT2D eigenvalue weighted by Crippen LogP contribution is -2.65. The maximum absolute atomic E-state index is 11.4. The Hall–Kier alpha value is -2.62. The molecule has 2 aromatic carbocycles. The number of aromatic nitrogens is 2. The molecule has 5 rings (SSSR count). The number of aliphatic hydroxyl groups is 1. The maximum atomic E-state index is 11.4. The van der Waals surface area contributed by atoms with Crippen molar-refractivity contribution in [2.45, 2.75) is 89.1 Å². The molecule has 4 atom stereocenters. The molecule has 2 fully saturated rings. The van der Waals surface area contributed by atoms with Crippen molar-refractivity contribution < 1.29 is 18.7 Å². The normalized spacial score (nSPS) is 24.8. The second-order valence-electron chi connectivity index (χ2n) is 12.7. The third kappa shape index (κ3) is 5.54. The highest BCUT2D eigenvalue weighted by Crippen LogP contribution is 2.56. The summed E-state index contributed by atoms with van der Waals surface area (Å²) in [7, 11) is -2.72. The first-order valence-corrected chi connectivity index (χ1v) is 15.6. The topological polar surface area (TPSA) is 76.9 Å². The molecule has 1 N–H and O–H groups in total. The van der Waals surface area contributed by atoms with Crippen molar-refractivity contribution in [1.29, 1.82) is 0 Å². The largest absolute Gasteiger partial charge is 0.391 e. The Morgan fingerprint density at radius 2 is 1.36 bits per heavy atom. The van der Waals surface area contributed by atoms with Crippen LogP contribution in [0.1, 0.15) is 64.3 Å². The molecule has 2 saturated heterocycles. The first-order valence-electron chi connectivity index (χ1n) is 13.8. The molecule has 3 heterocycles. The van der Waals surface area contributed by atoms with E-state index in [-0.39, 0.29) is 16.2 Å². The van der Waals surface area contributed by atoms with E-state index < -0.39 is 26.9 Å². The summed E-state index contributed by atoms with van der Waals surface area (Å²) in [6.45, 7) is 14.8. The van der Waals surface area contributed by atoms with Crippen LogP contribution in [0.4, 0.5) is 5.95 Å². The van der Waals surface area contributed by atoms with E-state index in [1.54, 1.807) is 12.4 Å². The third-order valence-electron chi connectivity index (χ3n) is 7.76. The lowest BCUT2D eigenvalue weighted by molar-refractivity contribution is -0.0721. The minimum atomic E-state index is -2.72. The molecule has 0 bridgehead atoms. The first-order chi connectivity index (χ1) is 18.5. The summed E-state index contributed by atoms with van der Waals surface area (Å²) >= 11 is 0. The summed E-state index contributed by atoms with van der Waals surface area (Å²) in [5.41, 5.74) is 3.10. The van der Waals surface area contributed by atoms with Crippen molar-refractivity contribution in [3.8, 4) is 0 Å². The highest BCUT2D eigenvalue weighted by molar-refractivity contribution is 6.73. The van der Waals surface area contributed by atoms with Crippen molar-refractivity contribution in [2.75, 3.05) is 11.5 Å². The summed E-state index contributed by atoms with van der Waals surface area (Å²) in [6, 6.07) is 20.6. The van der Waals surface area contributed by atoms with Crippen LogP contribution in [0.3, 0.4) is 0 Å². The van der Waals surface area contributed by atoms with Gasteiger partial charge in [-0.05, 0) is 11.1 Å². The molecule has 2 aliphatic heterocycles. The van der Waals surface area contributed by atoms with E-state index in [2.05, 4.69) is 70.7 Å². The van der Waals surface area contributed by atoms with Crippen molar-refractivity contribution in [3.63, 3.8) is 0 Å². The highest BCUT2D eigenvalue weighted by Gasteiger charge is 2.64. The van der Waals surface area contributed by atoms with Crippen molar-refractivity contribution in [1.82, 2.24) is 9.97 Å². The van der Waals surface area contributed by atoms with Gasteiger partial charge in [-0.25, -0.2) is 9.97 Å². The maximum Gasteiger partial charge on any atom is 0.349 e. The van der Waals surface area contributed by atoms with E-state index in [9.17, 15) is 5.11 Å². The number of ether oxygens (including phenoxy) is 1. The summed E-state index contributed by atoms with van der Waals surface area (Å²) in [6.07, 6.45) is 1.38. The number of rotatable bonds is 6. The van der Waals surface area contributed by atoms with Crippen LogP contribution in [0.25, 0.3) is 0 Å². The molecule has 0 radical (unpaired) electrons. The van der Waals surface area contributed by atoms with Gasteiger partial charge < -0.3 is 23.6 Å². The molecule has 0 saturated carbocycles. The number of benzene rings is 2. The van der Waals surface area contributed by atoms with E-state index in [0.29, 0.717) is 25.6 Å². The van der Waals surface area contributed by atoms with Crippen molar-refractivity contribution >= 4 is 14.5 Å². The van der Waals surface area contributed by atoms with Crippen LogP contribution in [0.5, 0.6) is 0 Å². The van der Waals surface area contributed by atoms with Gasteiger partial charge in [-0.1, -0.05) is 102 Å². The number of fused-ring (bicyclic) bond motifs is 1. The fraction of sp³-hybridized carbons (Fsp3) is 0.484. The Bertz CT molecular complexity index is 1170. The van der Waals surface area contributed by atoms with Crippen LogP contribution in [0.2, 0.25) is 10.1 Å². The lowest BCUT2D eigenvalue weighted by Gasteiger charge is -2.53. The van der Waals surface area contributed by atoms with Gasteiger partial charge in [0.25, 0.3) is 0 Å². The highest BCUT2D eigenvalue weighted by atomic mass is 28.4. The number of nitrogens with zero attached hydrogens (tertiary/aromatic N) is 3. The quantitative estimate of drug-likeness (QED) is 0.383. The molecule has 0 unspecified atom stereocenters. The number of aliphatic hydroxyl groups excluding tert-OH is 1. The molecule has 0 amide bonds. The van der Waals surface area contributed by atoms with Crippen molar-refractivity contribution in [3.05, 3.63) is 89.7 Å². The molecule has 208 valence electrons. The Labute approximate surface area is 233 Å². The minimum Gasteiger partial charge on any atom is -0.391 e. The molecular formula is C31H41N3O4Si. The summed E-state index contributed by atoms with van der Waals surface area (Å²) in [5, 5.41) is 11.1. The van der Waals surface area contributed by atoms with Gasteiger partial charge in [-0.15, -0.1) is 0 Å². The average molecular weight is 548 g/mol. The summed E-state index contributed by atoms with van der Waals surface area (Å²) < 4.78 is 19.6. The Balaban J connectivity index is 1.36. The average Bonchev–Trinajstić information content (AvgIpc) is 3.24. The Kier molecular flexibility index (Phi) is 7.69. The fourth-order valence-electron chi connectivity index (χ4n) is 6.08. The zero-order chi connectivity index (χ0) is 27.8. The minimum absolute atomic E-state index is 0.167. The van der Waals surface area contributed by atoms with E-state index in [1.165, 1.54) is 11.1 Å². The van der Waals surface area contributed by atoms with Gasteiger partial charge in [0.15, 0.2) is 0 Å². The van der Waals surface area contributed by atoms with E-state index >= 15 is 0 Å². The Morgan fingerprint density at radius 3 is 1.85 bits per heavy atom. The molecule has 39 heavy (non-hydrogen) atoms. The number of hydrogen-bond donors (Lipinski definition) is 1. The first kappa shape index (κ1) is 27.9. The molecule has 0 spiro atoms.